The number of hydrogen-bond acceptors (Lipinski definition) is 8. The molecule has 178 valence electrons. The molecule has 0 aliphatic heterocycles. The number of ether oxygens (including phenoxy) is 2. The van der Waals surface area contributed by atoms with E-state index >= 15 is 0 Å². The summed E-state index contributed by atoms with van der Waals surface area (Å²) in [5.74, 6) is -0.874. The fraction of sp³-hybridized carbons (Fsp3) is 0.160. The van der Waals surface area contributed by atoms with Crippen LogP contribution in [0.15, 0.2) is 54.1 Å². The maximum absolute atomic E-state index is 13.0. The molecule has 0 saturated heterocycles. The van der Waals surface area contributed by atoms with Crippen LogP contribution in [0, 0.1) is 28.4 Å². The Hall–Kier alpha value is -4.49. The number of thiophene rings is 1. The smallest absolute Gasteiger partial charge is 0.341 e. The normalized spacial score (nSPS) is 10.9. The number of rotatable bonds is 8. The zero-order valence-corrected chi connectivity index (χ0v) is 20.0. The molecule has 0 unspecified atom stereocenters. The lowest BCUT2D eigenvalue weighted by atomic mass is 10.0. The fourth-order valence-electron chi connectivity index (χ4n) is 3.39. The molecule has 0 spiro atoms. The standard InChI is InChI=1S/C25H21N3O6S/c1-4-34-25(30)22-21(16-9-11-19(12-10-16)28(31)32)15(2)35-24(22)27-23(29)18(14-26)13-17-7-5-6-8-20(17)33-3/h5-13H,4H2,1-3H3,(H,27,29)/b18-13+. The quantitative estimate of drug-likeness (QED) is 0.147. The molecular formula is C25H21N3O6S. The van der Waals surface area contributed by atoms with Gasteiger partial charge in [0.25, 0.3) is 11.6 Å². The fourth-order valence-corrected chi connectivity index (χ4v) is 4.45. The number of esters is 1. The van der Waals surface area contributed by atoms with Gasteiger partial charge >= 0.3 is 5.97 Å². The van der Waals surface area contributed by atoms with E-state index < -0.39 is 16.8 Å². The minimum Gasteiger partial charge on any atom is -0.496 e. The topological polar surface area (TPSA) is 132 Å². The summed E-state index contributed by atoms with van der Waals surface area (Å²) in [7, 11) is 1.48. The van der Waals surface area contributed by atoms with E-state index in [1.54, 1.807) is 38.1 Å². The average molecular weight is 492 g/mol. The van der Waals surface area contributed by atoms with E-state index in [1.807, 2.05) is 6.07 Å². The van der Waals surface area contributed by atoms with Gasteiger partial charge < -0.3 is 14.8 Å². The Morgan fingerprint density at radius 1 is 1.20 bits per heavy atom. The Kier molecular flexibility index (Phi) is 7.96. The number of carbonyl (C=O) groups is 2. The van der Waals surface area contributed by atoms with Crippen molar-refractivity contribution in [3.8, 4) is 22.9 Å². The SMILES string of the molecule is CCOC(=O)c1c(NC(=O)/C(C#N)=C/c2ccccc2OC)sc(C)c1-c1ccc([N+](=O)[O-])cc1. The van der Waals surface area contributed by atoms with Crippen molar-refractivity contribution in [1.82, 2.24) is 0 Å². The lowest BCUT2D eigenvalue weighted by molar-refractivity contribution is -0.384. The number of nitrogens with one attached hydrogen (secondary N) is 1. The molecule has 1 amide bonds. The van der Waals surface area contributed by atoms with Gasteiger partial charge in [-0.15, -0.1) is 11.3 Å². The summed E-state index contributed by atoms with van der Waals surface area (Å²) in [4.78, 5) is 37.0. The van der Waals surface area contributed by atoms with Gasteiger partial charge in [0.2, 0.25) is 0 Å². The molecule has 2 aromatic carbocycles. The first kappa shape index (κ1) is 25.1. The largest absolute Gasteiger partial charge is 0.496 e. The van der Waals surface area contributed by atoms with E-state index in [4.69, 9.17) is 9.47 Å². The van der Waals surface area contributed by atoms with Gasteiger partial charge in [0.15, 0.2) is 0 Å². The van der Waals surface area contributed by atoms with Crippen LogP contribution in [-0.4, -0.2) is 30.5 Å². The maximum Gasteiger partial charge on any atom is 0.341 e. The molecule has 0 aliphatic carbocycles. The summed E-state index contributed by atoms with van der Waals surface area (Å²) in [6, 6.07) is 14.5. The van der Waals surface area contributed by atoms with E-state index in [2.05, 4.69) is 5.32 Å². The summed E-state index contributed by atoms with van der Waals surface area (Å²) < 4.78 is 10.5. The molecule has 9 nitrogen and oxygen atoms in total. The summed E-state index contributed by atoms with van der Waals surface area (Å²) in [6.45, 7) is 3.53. The Morgan fingerprint density at radius 3 is 2.49 bits per heavy atom. The molecule has 35 heavy (non-hydrogen) atoms. The molecule has 10 heteroatoms. The molecule has 0 fully saturated rings. The molecule has 0 saturated carbocycles. The molecule has 0 aliphatic rings. The van der Waals surface area contributed by atoms with Gasteiger partial charge in [-0.05, 0) is 43.7 Å². The van der Waals surface area contributed by atoms with Gasteiger partial charge in [0, 0.05) is 28.1 Å². The second kappa shape index (κ2) is 11.1. The van der Waals surface area contributed by atoms with Crippen molar-refractivity contribution in [3.05, 3.63) is 80.2 Å². The number of nitro groups is 1. The van der Waals surface area contributed by atoms with E-state index in [9.17, 15) is 25.0 Å². The minimum absolute atomic E-state index is 0.0898. The molecule has 3 rings (SSSR count). The number of carbonyl (C=O) groups excluding carboxylic acids is 2. The average Bonchev–Trinajstić information content (AvgIpc) is 3.18. The minimum atomic E-state index is -0.708. The second-order valence-corrected chi connectivity index (χ2v) is 8.35. The number of methoxy groups -OCH3 is 1. The van der Waals surface area contributed by atoms with Crippen LogP contribution in [0.1, 0.15) is 27.7 Å². The number of non-ortho nitro benzene ring substituents is 1. The first-order valence-corrected chi connectivity index (χ1v) is 11.2. The van der Waals surface area contributed by atoms with Crippen LogP contribution in [0.25, 0.3) is 17.2 Å². The number of amides is 1. The van der Waals surface area contributed by atoms with Gasteiger partial charge in [0.05, 0.1) is 18.6 Å². The predicted molar refractivity (Wildman–Crippen MR) is 132 cm³/mol. The number of para-hydroxylation sites is 1. The Morgan fingerprint density at radius 2 is 1.89 bits per heavy atom. The molecule has 0 atom stereocenters. The number of anilines is 1. The van der Waals surface area contributed by atoms with Crippen LogP contribution in [0.3, 0.4) is 0 Å². The number of nitrogens with zero attached hydrogens (tertiary/aromatic N) is 2. The van der Waals surface area contributed by atoms with E-state index in [1.165, 1.54) is 37.5 Å². The van der Waals surface area contributed by atoms with Crippen molar-refractivity contribution in [2.75, 3.05) is 19.0 Å². The summed E-state index contributed by atoms with van der Waals surface area (Å²) in [5, 5.41) is 23.5. The molecule has 1 aromatic heterocycles. The number of nitriles is 1. The molecule has 0 radical (unpaired) electrons. The molecular weight excluding hydrogens is 470 g/mol. The van der Waals surface area contributed by atoms with Crippen molar-refractivity contribution < 1.29 is 24.0 Å². The van der Waals surface area contributed by atoms with Gasteiger partial charge in [-0.1, -0.05) is 18.2 Å². The third kappa shape index (κ3) is 5.54. The van der Waals surface area contributed by atoms with Crippen molar-refractivity contribution in [2.24, 2.45) is 0 Å². The van der Waals surface area contributed by atoms with Crippen molar-refractivity contribution in [3.63, 3.8) is 0 Å². The first-order valence-electron chi connectivity index (χ1n) is 10.4. The molecule has 1 N–H and O–H groups in total. The highest BCUT2D eigenvalue weighted by Gasteiger charge is 2.26. The van der Waals surface area contributed by atoms with Gasteiger partial charge in [0.1, 0.15) is 28.0 Å². The zero-order chi connectivity index (χ0) is 25.5. The highest BCUT2D eigenvalue weighted by molar-refractivity contribution is 7.17. The van der Waals surface area contributed by atoms with Crippen molar-refractivity contribution in [2.45, 2.75) is 13.8 Å². The number of benzene rings is 2. The van der Waals surface area contributed by atoms with Crippen LogP contribution in [0.4, 0.5) is 10.7 Å². The van der Waals surface area contributed by atoms with Crippen molar-refractivity contribution in [1.29, 1.82) is 5.26 Å². The number of aryl methyl sites for hydroxylation is 1. The third-order valence-corrected chi connectivity index (χ3v) is 5.98. The second-order valence-electron chi connectivity index (χ2n) is 7.13. The van der Waals surface area contributed by atoms with E-state index in [0.29, 0.717) is 27.3 Å². The summed E-state index contributed by atoms with van der Waals surface area (Å²) in [5.41, 5.74) is 1.43. The van der Waals surface area contributed by atoms with E-state index in [-0.39, 0.29) is 28.4 Å². The van der Waals surface area contributed by atoms with Crippen LogP contribution < -0.4 is 10.1 Å². The predicted octanol–water partition coefficient (Wildman–Crippen LogP) is 5.36. The van der Waals surface area contributed by atoms with E-state index in [0.717, 1.165) is 11.3 Å². The highest BCUT2D eigenvalue weighted by Crippen LogP contribution is 2.41. The van der Waals surface area contributed by atoms with Crippen LogP contribution in [0.5, 0.6) is 5.75 Å². The Balaban J connectivity index is 2.04. The lowest BCUT2D eigenvalue weighted by Crippen LogP contribution is -2.16. The van der Waals surface area contributed by atoms with Crippen molar-refractivity contribution >= 4 is 40.0 Å². The summed E-state index contributed by atoms with van der Waals surface area (Å²) in [6.07, 6.45) is 1.40. The van der Waals surface area contributed by atoms with Gasteiger partial charge in [-0.25, -0.2) is 4.79 Å². The molecule has 3 aromatic rings. The zero-order valence-electron chi connectivity index (χ0n) is 19.2. The van der Waals surface area contributed by atoms with Crippen LogP contribution in [0.2, 0.25) is 0 Å². The highest BCUT2D eigenvalue weighted by atomic mass is 32.1. The summed E-state index contributed by atoms with van der Waals surface area (Å²) >= 11 is 1.14. The lowest BCUT2D eigenvalue weighted by Gasteiger charge is -2.09. The van der Waals surface area contributed by atoms with Crippen LogP contribution in [-0.2, 0) is 9.53 Å². The maximum atomic E-state index is 13.0. The molecule has 1 heterocycles. The van der Waals surface area contributed by atoms with Gasteiger partial charge in [-0.3, -0.25) is 14.9 Å². The first-order chi connectivity index (χ1) is 16.8. The Bertz CT molecular complexity index is 1350. The van der Waals surface area contributed by atoms with Gasteiger partial charge in [-0.2, -0.15) is 5.26 Å². The van der Waals surface area contributed by atoms with Crippen LogP contribution >= 0.6 is 11.3 Å². The monoisotopic (exact) mass is 491 g/mol. The number of hydrogen-bond donors (Lipinski definition) is 1. The third-order valence-electron chi connectivity index (χ3n) is 4.96. The Labute approximate surface area is 205 Å². The molecule has 0 bridgehead atoms. The number of nitro benzene ring substituents is 1.